The van der Waals surface area contributed by atoms with E-state index in [1.165, 1.54) is 18.2 Å². The van der Waals surface area contributed by atoms with Crippen molar-refractivity contribution in [3.63, 3.8) is 0 Å². The number of allylic oxidation sites excluding steroid dienone is 2. The first-order chi connectivity index (χ1) is 17.4. The Morgan fingerprint density at radius 1 is 1.00 bits per heavy atom. The Kier molecular flexibility index (Phi) is 6.62. The van der Waals surface area contributed by atoms with Gasteiger partial charge in [0.05, 0.1) is 29.8 Å². The Balaban J connectivity index is 1.47. The van der Waals surface area contributed by atoms with Crippen LogP contribution in [0.4, 0.5) is 15.8 Å². The minimum atomic E-state index is -3.96. The lowest BCUT2D eigenvalue weighted by atomic mass is 9.77. The van der Waals surface area contributed by atoms with E-state index in [9.17, 15) is 12.8 Å². The molecule has 0 aromatic heterocycles. The fourth-order valence-corrected chi connectivity index (χ4v) is 6.18. The number of benzene rings is 3. The van der Waals surface area contributed by atoms with Gasteiger partial charge < -0.3 is 14.8 Å². The molecule has 2 aliphatic rings. The van der Waals surface area contributed by atoms with Crippen molar-refractivity contribution in [3.05, 3.63) is 89.8 Å². The Morgan fingerprint density at radius 3 is 2.56 bits per heavy atom. The first-order valence-electron chi connectivity index (χ1n) is 12.1. The van der Waals surface area contributed by atoms with Crippen LogP contribution >= 0.6 is 0 Å². The van der Waals surface area contributed by atoms with Crippen LogP contribution in [0.25, 0.3) is 0 Å². The van der Waals surface area contributed by atoms with Gasteiger partial charge in [-0.25, -0.2) is 12.8 Å². The first kappa shape index (κ1) is 24.2. The van der Waals surface area contributed by atoms with Gasteiger partial charge in [0, 0.05) is 11.6 Å². The lowest BCUT2D eigenvalue weighted by Crippen LogP contribution is -2.29. The van der Waals surface area contributed by atoms with Crippen LogP contribution in [0.3, 0.4) is 0 Å². The van der Waals surface area contributed by atoms with Gasteiger partial charge in [-0.1, -0.05) is 30.4 Å². The molecule has 3 aromatic carbocycles. The van der Waals surface area contributed by atoms with E-state index >= 15 is 0 Å². The third kappa shape index (κ3) is 4.53. The molecule has 2 N–H and O–H groups in total. The lowest BCUT2D eigenvalue weighted by Gasteiger charge is -2.38. The topological polar surface area (TPSA) is 76.7 Å². The van der Waals surface area contributed by atoms with Gasteiger partial charge >= 0.3 is 0 Å². The van der Waals surface area contributed by atoms with Gasteiger partial charge in [-0.2, -0.15) is 0 Å². The van der Waals surface area contributed by atoms with Gasteiger partial charge in [0.15, 0.2) is 11.5 Å². The quantitative estimate of drug-likeness (QED) is 0.352. The summed E-state index contributed by atoms with van der Waals surface area (Å²) in [7, 11) is -3.96. The summed E-state index contributed by atoms with van der Waals surface area (Å²) in [5.41, 5.74) is 2.80. The smallest absolute Gasteiger partial charge is 0.261 e. The van der Waals surface area contributed by atoms with E-state index in [4.69, 9.17) is 9.47 Å². The molecule has 1 aliphatic heterocycles. The summed E-state index contributed by atoms with van der Waals surface area (Å²) in [5.74, 6) is 1.08. The molecule has 188 valence electrons. The summed E-state index contributed by atoms with van der Waals surface area (Å²) in [6, 6.07) is 16.8. The van der Waals surface area contributed by atoms with Gasteiger partial charge in [0.25, 0.3) is 10.0 Å². The minimum absolute atomic E-state index is 0.0198. The normalized spacial score (nSPS) is 20.2. The number of ether oxygens (including phenoxy) is 2. The summed E-state index contributed by atoms with van der Waals surface area (Å²) in [6.07, 6.45) is 5.16. The van der Waals surface area contributed by atoms with Crippen LogP contribution in [0.1, 0.15) is 43.4 Å². The number of nitrogens with one attached hydrogen (secondary N) is 2. The predicted molar refractivity (Wildman–Crippen MR) is 139 cm³/mol. The predicted octanol–water partition coefficient (Wildman–Crippen LogP) is 6.25. The zero-order chi connectivity index (χ0) is 25.3. The van der Waals surface area contributed by atoms with Crippen molar-refractivity contribution < 1.29 is 22.3 Å². The number of fused-ring (bicyclic) bond motifs is 3. The maximum atomic E-state index is 14.1. The molecule has 3 atom stereocenters. The van der Waals surface area contributed by atoms with Gasteiger partial charge in [-0.15, -0.1) is 0 Å². The fourth-order valence-electron chi connectivity index (χ4n) is 5.08. The standard InChI is InChI=1S/C28H29FN2O4S/c1-3-34-26-15-12-18(16-27(26)35-4-2)28-21-9-7-8-20(21)22-17-19(13-14-24(22)30-28)36(32,33)31-25-11-6-5-10-23(25)29/h5-8,10-17,20-21,28,30-31H,3-4,9H2,1-2H3/t20-,21+,28+/m0/s1. The Labute approximate surface area is 211 Å². The molecule has 3 aromatic rings. The zero-order valence-electron chi connectivity index (χ0n) is 20.2. The number of sulfonamides is 1. The van der Waals surface area contributed by atoms with Crippen LogP contribution in [0.5, 0.6) is 11.5 Å². The molecule has 1 aliphatic carbocycles. The van der Waals surface area contributed by atoms with Gasteiger partial charge in [0.1, 0.15) is 5.82 Å². The Morgan fingerprint density at radius 2 is 1.78 bits per heavy atom. The van der Waals surface area contributed by atoms with Crippen LogP contribution in [-0.2, 0) is 10.0 Å². The van der Waals surface area contributed by atoms with E-state index in [1.54, 1.807) is 24.3 Å². The molecule has 6 nitrogen and oxygen atoms in total. The average molecular weight is 509 g/mol. The number of para-hydroxylation sites is 1. The largest absolute Gasteiger partial charge is 0.490 e. The number of rotatable bonds is 8. The van der Waals surface area contributed by atoms with E-state index in [1.807, 2.05) is 26.0 Å². The molecule has 0 amide bonds. The maximum Gasteiger partial charge on any atom is 0.261 e. The van der Waals surface area contributed by atoms with Gasteiger partial charge in [0.2, 0.25) is 0 Å². The highest BCUT2D eigenvalue weighted by molar-refractivity contribution is 7.92. The summed E-state index contributed by atoms with van der Waals surface area (Å²) < 4.78 is 54.1. The van der Waals surface area contributed by atoms with Crippen molar-refractivity contribution >= 4 is 21.4 Å². The highest BCUT2D eigenvalue weighted by Gasteiger charge is 2.38. The second-order valence-electron chi connectivity index (χ2n) is 8.88. The van der Waals surface area contributed by atoms with E-state index in [0.717, 1.165) is 29.0 Å². The highest BCUT2D eigenvalue weighted by atomic mass is 32.2. The zero-order valence-corrected chi connectivity index (χ0v) is 21.0. The summed E-state index contributed by atoms with van der Waals surface area (Å²) in [4.78, 5) is 0.100. The second kappa shape index (κ2) is 9.85. The summed E-state index contributed by atoms with van der Waals surface area (Å²) in [5, 5.41) is 3.63. The molecule has 1 heterocycles. The van der Waals surface area contributed by atoms with Crippen molar-refractivity contribution in [2.75, 3.05) is 23.3 Å². The van der Waals surface area contributed by atoms with Crippen molar-refractivity contribution in [2.45, 2.75) is 37.1 Å². The van der Waals surface area contributed by atoms with Crippen molar-refractivity contribution in [1.29, 1.82) is 0 Å². The molecule has 0 unspecified atom stereocenters. The molecule has 0 bridgehead atoms. The Bertz CT molecular complexity index is 1410. The number of halogens is 1. The van der Waals surface area contributed by atoms with Gasteiger partial charge in [-0.3, -0.25) is 4.72 Å². The Hall–Kier alpha value is -3.52. The number of anilines is 2. The van der Waals surface area contributed by atoms with Gasteiger partial charge in [-0.05, 0) is 79.8 Å². The average Bonchev–Trinajstić information content (AvgIpc) is 3.36. The van der Waals surface area contributed by atoms with Crippen LogP contribution in [0.15, 0.2) is 77.7 Å². The molecule has 0 saturated heterocycles. The SMILES string of the molecule is CCOc1ccc([C@H]2Nc3ccc(S(=O)(=O)Nc4ccccc4F)cc3[C@H]3C=CC[C@H]32)cc1OCC. The summed E-state index contributed by atoms with van der Waals surface area (Å²) in [6.45, 7) is 4.98. The molecular formula is C28H29FN2O4S. The lowest BCUT2D eigenvalue weighted by molar-refractivity contribution is 0.287. The molecular weight excluding hydrogens is 479 g/mol. The van der Waals surface area contributed by atoms with Crippen LogP contribution < -0.4 is 19.5 Å². The molecule has 36 heavy (non-hydrogen) atoms. The molecule has 0 radical (unpaired) electrons. The third-order valence-corrected chi connectivity index (χ3v) is 8.05. The maximum absolute atomic E-state index is 14.1. The van der Waals surface area contributed by atoms with Crippen molar-refractivity contribution in [1.82, 2.24) is 0 Å². The van der Waals surface area contributed by atoms with E-state index in [-0.39, 0.29) is 28.5 Å². The fraction of sp³-hybridized carbons (Fsp3) is 0.286. The van der Waals surface area contributed by atoms with Crippen LogP contribution in [0, 0.1) is 11.7 Å². The molecule has 0 spiro atoms. The number of hydrogen-bond acceptors (Lipinski definition) is 5. The molecule has 8 heteroatoms. The van der Waals surface area contributed by atoms with E-state index < -0.39 is 15.8 Å². The second-order valence-corrected chi connectivity index (χ2v) is 10.6. The number of hydrogen-bond donors (Lipinski definition) is 2. The first-order valence-corrected chi connectivity index (χ1v) is 13.6. The molecule has 0 saturated carbocycles. The van der Waals surface area contributed by atoms with Crippen molar-refractivity contribution in [3.8, 4) is 11.5 Å². The molecule has 0 fully saturated rings. The van der Waals surface area contributed by atoms with E-state index in [2.05, 4.69) is 28.3 Å². The van der Waals surface area contributed by atoms with Crippen LogP contribution in [-0.4, -0.2) is 21.6 Å². The summed E-state index contributed by atoms with van der Waals surface area (Å²) >= 11 is 0. The van der Waals surface area contributed by atoms with E-state index in [0.29, 0.717) is 19.0 Å². The monoisotopic (exact) mass is 508 g/mol. The third-order valence-electron chi connectivity index (χ3n) is 6.69. The van der Waals surface area contributed by atoms with Crippen molar-refractivity contribution in [2.24, 2.45) is 5.92 Å². The van der Waals surface area contributed by atoms with Crippen LogP contribution in [0.2, 0.25) is 0 Å². The minimum Gasteiger partial charge on any atom is -0.490 e. The molecule has 5 rings (SSSR count). The highest BCUT2D eigenvalue weighted by Crippen LogP contribution is 2.51.